The van der Waals surface area contributed by atoms with Crippen LogP contribution in [0.2, 0.25) is 5.02 Å². The number of rotatable bonds is 6. The Hall–Kier alpha value is -1.98. The van der Waals surface area contributed by atoms with E-state index in [4.69, 9.17) is 11.6 Å². The highest BCUT2D eigenvalue weighted by molar-refractivity contribution is 8.00. The monoisotopic (exact) mass is 374 g/mol. The third kappa shape index (κ3) is 5.25. The molecule has 1 aliphatic carbocycles. The summed E-state index contributed by atoms with van der Waals surface area (Å²) in [6.07, 6.45) is 1.95. The normalized spacial score (nSPS) is 14.6. The first-order valence-electron chi connectivity index (χ1n) is 8.15. The highest BCUT2D eigenvalue weighted by Gasteiger charge is 2.29. The standard InChI is InChI=1S/C19H19ClN2O2S/c1-12(18(23)21-15-9-7-14(20)8-10-15)25-17-4-2-3-16(11-17)22-19(24)13-5-6-13/h2-4,7-13H,5-6H2,1H3,(H,21,23)(H,22,24). The van der Waals surface area contributed by atoms with E-state index in [9.17, 15) is 9.59 Å². The molecule has 0 spiro atoms. The molecule has 1 fully saturated rings. The Kier molecular flexibility index (Phi) is 5.66. The molecule has 25 heavy (non-hydrogen) atoms. The van der Waals surface area contributed by atoms with Gasteiger partial charge < -0.3 is 10.6 Å². The molecule has 2 aromatic rings. The highest BCUT2D eigenvalue weighted by Crippen LogP contribution is 2.31. The van der Waals surface area contributed by atoms with Gasteiger partial charge in [-0.05, 0) is 62.2 Å². The third-order valence-electron chi connectivity index (χ3n) is 3.84. The third-order valence-corrected chi connectivity index (χ3v) is 5.19. The Balaban J connectivity index is 1.57. The Labute approximate surface area is 156 Å². The van der Waals surface area contributed by atoms with Gasteiger partial charge in [-0.15, -0.1) is 11.8 Å². The van der Waals surface area contributed by atoms with Crippen LogP contribution >= 0.6 is 23.4 Å². The van der Waals surface area contributed by atoms with E-state index in [-0.39, 0.29) is 23.0 Å². The van der Waals surface area contributed by atoms with Gasteiger partial charge in [-0.1, -0.05) is 17.7 Å². The van der Waals surface area contributed by atoms with Crippen molar-refractivity contribution in [2.75, 3.05) is 10.6 Å². The largest absolute Gasteiger partial charge is 0.326 e. The minimum atomic E-state index is -0.273. The van der Waals surface area contributed by atoms with E-state index in [2.05, 4.69) is 10.6 Å². The maximum atomic E-state index is 12.3. The Morgan fingerprint density at radius 1 is 1.08 bits per heavy atom. The van der Waals surface area contributed by atoms with Gasteiger partial charge in [0.1, 0.15) is 0 Å². The molecule has 4 nitrogen and oxygen atoms in total. The van der Waals surface area contributed by atoms with Crippen molar-refractivity contribution in [1.29, 1.82) is 0 Å². The zero-order valence-corrected chi connectivity index (χ0v) is 15.4. The minimum absolute atomic E-state index is 0.0793. The van der Waals surface area contributed by atoms with Crippen LogP contribution in [0.1, 0.15) is 19.8 Å². The van der Waals surface area contributed by atoms with Gasteiger partial charge in [0, 0.05) is 27.2 Å². The summed E-state index contributed by atoms with van der Waals surface area (Å²) in [5.41, 5.74) is 1.49. The average molecular weight is 375 g/mol. The first kappa shape index (κ1) is 17.8. The van der Waals surface area contributed by atoms with Crippen molar-refractivity contribution in [1.82, 2.24) is 0 Å². The van der Waals surface area contributed by atoms with Gasteiger partial charge >= 0.3 is 0 Å². The summed E-state index contributed by atoms with van der Waals surface area (Å²) < 4.78 is 0. The average Bonchev–Trinajstić information content (AvgIpc) is 3.42. The van der Waals surface area contributed by atoms with Gasteiger partial charge in [0.25, 0.3) is 0 Å². The zero-order chi connectivity index (χ0) is 17.8. The second-order valence-electron chi connectivity index (χ2n) is 6.05. The number of halogens is 1. The molecule has 2 N–H and O–H groups in total. The van der Waals surface area contributed by atoms with Crippen molar-refractivity contribution in [3.05, 3.63) is 53.6 Å². The lowest BCUT2D eigenvalue weighted by atomic mass is 10.3. The first-order chi connectivity index (χ1) is 12.0. The van der Waals surface area contributed by atoms with Gasteiger partial charge in [0.15, 0.2) is 0 Å². The Morgan fingerprint density at radius 2 is 1.80 bits per heavy atom. The Bertz CT molecular complexity index is 775. The molecule has 1 saturated carbocycles. The van der Waals surface area contributed by atoms with Crippen LogP contribution in [0.5, 0.6) is 0 Å². The maximum Gasteiger partial charge on any atom is 0.237 e. The topological polar surface area (TPSA) is 58.2 Å². The number of benzene rings is 2. The summed E-state index contributed by atoms with van der Waals surface area (Å²) in [5, 5.41) is 6.15. The summed E-state index contributed by atoms with van der Waals surface area (Å²) in [6.45, 7) is 1.85. The second kappa shape index (κ2) is 7.93. The summed E-state index contributed by atoms with van der Waals surface area (Å²) >= 11 is 7.30. The zero-order valence-electron chi connectivity index (χ0n) is 13.8. The minimum Gasteiger partial charge on any atom is -0.326 e. The number of thioether (sulfide) groups is 1. The maximum absolute atomic E-state index is 12.3. The van der Waals surface area contributed by atoms with Crippen LogP contribution in [0.25, 0.3) is 0 Å². The lowest BCUT2D eigenvalue weighted by Gasteiger charge is -2.13. The van der Waals surface area contributed by atoms with Crippen LogP contribution in [0.15, 0.2) is 53.4 Å². The molecule has 0 bridgehead atoms. The highest BCUT2D eigenvalue weighted by atomic mass is 35.5. The molecule has 0 radical (unpaired) electrons. The van der Waals surface area contributed by atoms with Crippen LogP contribution in [-0.2, 0) is 9.59 Å². The van der Waals surface area contributed by atoms with Gasteiger partial charge in [0.05, 0.1) is 5.25 Å². The van der Waals surface area contributed by atoms with Crippen molar-refractivity contribution < 1.29 is 9.59 Å². The van der Waals surface area contributed by atoms with Crippen LogP contribution in [0, 0.1) is 5.92 Å². The molecule has 2 aromatic carbocycles. The number of carbonyl (C=O) groups is 2. The molecule has 0 heterocycles. The SMILES string of the molecule is CC(Sc1cccc(NC(=O)C2CC2)c1)C(=O)Nc1ccc(Cl)cc1. The number of nitrogens with one attached hydrogen (secondary N) is 2. The Morgan fingerprint density at radius 3 is 2.48 bits per heavy atom. The van der Waals surface area contributed by atoms with Crippen molar-refractivity contribution in [3.63, 3.8) is 0 Å². The molecule has 3 rings (SSSR count). The molecule has 1 unspecified atom stereocenters. The van der Waals surface area contributed by atoms with E-state index in [1.807, 2.05) is 31.2 Å². The number of hydrogen-bond donors (Lipinski definition) is 2. The predicted octanol–water partition coefficient (Wildman–Crippen LogP) is 4.81. The fourth-order valence-corrected chi connectivity index (χ4v) is 3.32. The fraction of sp³-hybridized carbons (Fsp3) is 0.263. The number of hydrogen-bond acceptors (Lipinski definition) is 3. The van der Waals surface area contributed by atoms with Gasteiger partial charge in [-0.2, -0.15) is 0 Å². The fourth-order valence-electron chi connectivity index (χ4n) is 2.27. The van der Waals surface area contributed by atoms with Crippen molar-refractivity contribution in [2.45, 2.75) is 29.9 Å². The summed E-state index contributed by atoms with van der Waals surface area (Å²) in [7, 11) is 0. The predicted molar refractivity (Wildman–Crippen MR) is 103 cm³/mol. The van der Waals surface area contributed by atoms with Crippen LogP contribution in [0.3, 0.4) is 0 Å². The smallest absolute Gasteiger partial charge is 0.237 e. The molecule has 130 valence electrons. The lowest BCUT2D eigenvalue weighted by Crippen LogP contribution is -2.22. The second-order valence-corrected chi connectivity index (χ2v) is 7.90. The molecule has 2 amide bonds. The molecule has 0 saturated heterocycles. The van der Waals surface area contributed by atoms with E-state index in [1.165, 1.54) is 11.8 Å². The number of amides is 2. The van der Waals surface area contributed by atoms with E-state index in [0.717, 1.165) is 23.4 Å². The van der Waals surface area contributed by atoms with E-state index >= 15 is 0 Å². The van der Waals surface area contributed by atoms with Crippen molar-refractivity contribution in [2.24, 2.45) is 5.92 Å². The van der Waals surface area contributed by atoms with Crippen molar-refractivity contribution in [3.8, 4) is 0 Å². The summed E-state index contributed by atoms with van der Waals surface area (Å²) in [4.78, 5) is 25.1. The molecule has 0 aliphatic heterocycles. The van der Waals surface area contributed by atoms with E-state index < -0.39 is 0 Å². The molecular weight excluding hydrogens is 356 g/mol. The van der Waals surface area contributed by atoms with Crippen LogP contribution < -0.4 is 10.6 Å². The molecule has 6 heteroatoms. The van der Waals surface area contributed by atoms with Crippen LogP contribution in [-0.4, -0.2) is 17.1 Å². The van der Waals surface area contributed by atoms with Crippen molar-refractivity contribution >= 4 is 46.6 Å². The van der Waals surface area contributed by atoms with Gasteiger partial charge in [0.2, 0.25) is 11.8 Å². The molecule has 1 aliphatic rings. The number of carbonyl (C=O) groups excluding carboxylic acids is 2. The first-order valence-corrected chi connectivity index (χ1v) is 9.41. The summed E-state index contributed by atoms with van der Waals surface area (Å²) in [5.74, 6) is 0.163. The summed E-state index contributed by atoms with van der Waals surface area (Å²) in [6, 6.07) is 14.6. The molecule has 1 atom stereocenters. The van der Waals surface area contributed by atoms with Gasteiger partial charge in [-0.25, -0.2) is 0 Å². The molecular formula is C19H19ClN2O2S. The molecule has 0 aromatic heterocycles. The number of anilines is 2. The quantitative estimate of drug-likeness (QED) is 0.713. The van der Waals surface area contributed by atoms with E-state index in [0.29, 0.717) is 10.7 Å². The van der Waals surface area contributed by atoms with Gasteiger partial charge in [-0.3, -0.25) is 9.59 Å². The van der Waals surface area contributed by atoms with E-state index in [1.54, 1.807) is 24.3 Å². The lowest BCUT2D eigenvalue weighted by molar-refractivity contribution is -0.117. The van der Waals surface area contributed by atoms with Crippen LogP contribution in [0.4, 0.5) is 11.4 Å².